The van der Waals surface area contributed by atoms with Crippen LogP contribution in [0.5, 0.6) is 5.75 Å². The van der Waals surface area contributed by atoms with Gasteiger partial charge in [0.2, 0.25) is 0 Å². The second-order valence-corrected chi connectivity index (χ2v) is 7.91. The summed E-state index contributed by atoms with van der Waals surface area (Å²) in [4.78, 5) is 16.3. The first kappa shape index (κ1) is 22.1. The molecule has 32 heavy (non-hydrogen) atoms. The number of carbonyl (C=O) groups excluding carboxylic acids is 1. The number of alkyl halides is 3. The molecule has 1 amide bonds. The summed E-state index contributed by atoms with van der Waals surface area (Å²) in [6, 6.07) is 5.49. The molecule has 0 spiro atoms. The predicted molar refractivity (Wildman–Crippen MR) is 112 cm³/mol. The molecule has 0 unspecified atom stereocenters. The highest BCUT2D eigenvalue weighted by molar-refractivity contribution is 6.06. The van der Waals surface area contributed by atoms with Gasteiger partial charge < -0.3 is 15.2 Å². The SMILES string of the molecule is COc1cc2c(cnn2C2CCC(CO)CC2)cc1NC(=O)c1ncccc1C(F)(F)F. The number of nitrogens with zero attached hydrogens (tertiary/aromatic N) is 3. The third-order valence-electron chi connectivity index (χ3n) is 5.91. The summed E-state index contributed by atoms with van der Waals surface area (Å²) in [6.07, 6.45) is 1.71. The fourth-order valence-corrected chi connectivity index (χ4v) is 4.20. The van der Waals surface area contributed by atoms with Crippen LogP contribution in [-0.4, -0.2) is 39.5 Å². The third kappa shape index (κ3) is 4.27. The molecule has 1 aromatic carbocycles. The van der Waals surface area contributed by atoms with Gasteiger partial charge in [-0.1, -0.05) is 0 Å². The Labute approximate surface area is 182 Å². The Morgan fingerprint density at radius 3 is 2.69 bits per heavy atom. The summed E-state index contributed by atoms with van der Waals surface area (Å²) in [5, 5.41) is 17.1. The normalized spacial score (nSPS) is 19.2. The Morgan fingerprint density at radius 2 is 2.03 bits per heavy atom. The van der Waals surface area contributed by atoms with E-state index in [1.54, 1.807) is 18.3 Å². The van der Waals surface area contributed by atoms with Gasteiger partial charge in [0.1, 0.15) is 11.4 Å². The first-order valence-corrected chi connectivity index (χ1v) is 10.3. The van der Waals surface area contributed by atoms with Crippen LogP contribution in [0.1, 0.15) is 47.8 Å². The molecule has 3 aromatic rings. The molecule has 2 heterocycles. The van der Waals surface area contributed by atoms with Crippen LogP contribution in [-0.2, 0) is 6.18 Å². The molecule has 1 aliphatic rings. The van der Waals surface area contributed by atoms with Gasteiger partial charge in [-0.2, -0.15) is 18.3 Å². The van der Waals surface area contributed by atoms with E-state index in [0.717, 1.165) is 54.9 Å². The number of aliphatic hydroxyl groups excluding tert-OH is 1. The molecule has 2 aromatic heterocycles. The van der Waals surface area contributed by atoms with E-state index < -0.39 is 23.3 Å². The summed E-state index contributed by atoms with van der Waals surface area (Å²) in [6.45, 7) is 0.190. The number of halogens is 3. The lowest BCUT2D eigenvalue weighted by Gasteiger charge is -2.28. The maximum atomic E-state index is 13.3. The van der Waals surface area contributed by atoms with E-state index in [1.807, 2.05) is 4.68 Å². The zero-order valence-electron chi connectivity index (χ0n) is 17.4. The molecular formula is C22H23F3N4O3. The molecule has 7 nitrogen and oxygen atoms in total. The first-order chi connectivity index (χ1) is 15.3. The van der Waals surface area contributed by atoms with Gasteiger partial charge >= 0.3 is 6.18 Å². The lowest BCUT2D eigenvalue weighted by atomic mass is 9.86. The van der Waals surface area contributed by atoms with E-state index >= 15 is 0 Å². The van der Waals surface area contributed by atoms with Gasteiger partial charge in [-0.05, 0) is 49.8 Å². The molecule has 1 saturated carbocycles. The summed E-state index contributed by atoms with van der Waals surface area (Å²) in [5.74, 6) is -0.357. The van der Waals surface area contributed by atoms with Crippen LogP contribution in [0.2, 0.25) is 0 Å². The molecule has 10 heteroatoms. The number of aromatic nitrogens is 3. The van der Waals surface area contributed by atoms with Gasteiger partial charge in [0.15, 0.2) is 0 Å². The molecule has 0 atom stereocenters. The van der Waals surface area contributed by atoms with Crippen molar-refractivity contribution in [2.45, 2.75) is 37.9 Å². The Balaban J connectivity index is 1.63. The number of benzene rings is 1. The highest BCUT2D eigenvalue weighted by Gasteiger charge is 2.36. The molecule has 170 valence electrons. The van der Waals surface area contributed by atoms with Crippen molar-refractivity contribution in [1.82, 2.24) is 14.8 Å². The number of fused-ring (bicyclic) bond motifs is 1. The van der Waals surface area contributed by atoms with Gasteiger partial charge in [0.05, 0.1) is 36.1 Å². The van der Waals surface area contributed by atoms with Crippen molar-refractivity contribution in [1.29, 1.82) is 0 Å². The van der Waals surface area contributed by atoms with E-state index in [1.165, 1.54) is 7.11 Å². The zero-order chi connectivity index (χ0) is 22.9. The number of ether oxygens (including phenoxy) is 1. The molecule has 0 aliphatic heterocycles. The van der Waals surface area contributed by atoms with Crippen molar-refractivity contribution in [2.75, 3.05) is 19.0 Å². The standard InChI is InChI=1S/C22H23F3N4O3/c1-32-19-10-18-14(11-27-29(18)15-6-4-13(12-30)5-7-15)9-17(19)28-21(31)20-16(22(23,24)25)3-2-8-26-20/h2-3,8-11,13,15,30H,4-7,12H2,1H3,(H,28,31). The lowest BCUT2D eigenvalue weighted by Crippen LogP contribution is -2.21. The monoisotopic (exact) mass is 448 g/mol. The van der Waals surface area contributed by atoms with Crippen LogP contribution < -0.4 is 10.1 Å². The van der Waals surface area contributed by atoms with Gasteiger partial charge in [-0.3, -0.25) is 14.5 Å². The zero-order valence-corrected chi connectivity index (χ0v) is 17.4. The van der Waals surface area contributed by atoms with Crippen molar-refractivity contribution in [3.8, 4) is 5.75 Å². The summed E-state index contributed by atoms with van der Waals surface area (Å²) in [7, 11) is 1.42. The number of carbonyl (C=O) groups is 1. The highest BCUT2D eigenvalue weighted by Crippen LogP contribution is 2.37. The van der Waals surface area contributed by atoms with Crippen LogP contribution in [0.25, 0.3) is 10.9 Å². The van der Waals surface area contributed by atoms with Crippen LogP contribution in [0.15, 0.2) is 36.7 Å². The maximum Gasteiger partial charge on any atom is 0.418 e. The van der Waals surface area contributed by atoms with Crippen molar-refractivity contribution in [3.05, 3.63) is 47.9 Å². The predicted octanol–water partition coefficient (Wildman–Crippen LogP) is 4.43. The number of methoxy groups -OCH3 is 1. The third-order valence-corrected chi connectivity index (χ3v) is 5.91. The van der Waals surface area contributed by atoms with E-state index in [2.05, 4.69) is 15.4 Å². The Hall–Kier alpha value is -3.14. The topological polar surface area (TPSA) is 89.3 Å². The Kier molecular flexibility index (Phi) is 6.05. The quantitative estimate of drug-likeness (QED) is 0.603. The molecule has 4 rings (SSSR count). The van der Waals surface area contributed by atoms with Gasteiger partial charge in [-0.15, -0.1) is 0 Å². The fourth-order valence-electron chi connectivity index (χ4n) is 4.20. The number of pyridine rings is 1. The minimum atomic E-state index is -4.70. The van der Waals surface area contributed by atoms with Crippen molar-refractivity contribution in [2.24, 2.45) is 5.92 Å². The Bertz CT molecular complexity index is 1120. The number of hydrogen-bond donors (Lipinski definition) is 2. The molecule has 0 saturated heterocycles. The van der Waals surface area contributed by atoms with Gasteiger partial charge in [0, 0.05) is 24.3 Å². The number of amides is 1. The molecule has 0 bridgehead atoms. The number of hydrogen-bond acceptors (Lipinski definition) is 5. The van der Waals surface area contributed by atoms with Crippen LogP contribution in [0.3, 0.4) is 0 Å². The van der Waals surface area contributed by atoms with E-state index in [-0.39, 0.29) is 18.3 Å². The van der Waals surface area contributed by atoms with Crippen LogP contribution in [0.4, 0.5) is 18.9 Å². The van der Waals surface area contributed by atoms with Crippen LogP contribution >= 0.6 is 0 Å². The highest BCUT2D eigenvalue weighted by atomic mass is 19.4. The molecule has 1 fully saturated rings. The smallest absolute Gasteiger partial charge is 0.418 e. The first-order valence-electron chi connectivity index (χ1n) is 10.3. The van der Waals surface area contributed by atoms with E-state index in [9.17, 15) is 23.1 Å². The second kappa shape index (κ2) is 8.78. The molecular weight excluding hydrogens is 425 g/mol. The molecule has 1 aliphatic carbocycles. The minimum absolute atomic E-state index is 0.184. The van der Waals surface area contributed by atoms with Crippen LogP contribution in [0, 0.1) is 5.92 Å². The van der Waals surface area contributed by atoms with E-state index in [4.69, 9.17) is 4.74 Å². The number of rotatable bonds is 5. The van der Waals surface area contributed by atoms with Gasteiger partial charge in [-0.25, -0.2) is 0 Å². The van der Waals surface area contributed by atoms with E-state index in [0.29, 0.717) is 11.7 Å². The largest absolute Gasteiger partial charge is 0.494 e. The van der Waals surface area contributed by atoms with Gasteiger partial charge in [0.25, 0.3) is 5.91 Å². The van der Waals surface area contributed by atoms with Crippen molar-refractivity contribution >= 4 is 22.5 Å². The molecule has 2 N–H and O–H groups in total. The lowest BCUT2D eigenvalue weighted by molar-refractivity contribution is -0.138. The van der Waals surface area contributed by atoms with Crippen molar-refractivity contribution in [3.63, 3.8) is 0 Å². The number of aliphatic hydroxyl groups is 1. The number of anilines is 1. The average molecular weight is 448 g/mol. The molecule has 0 radical (unpaired) electrons. The maximum absolute atomic E-state index is 13.3. The minimum Gasteiger partial charge on any atom is -0.494 e. The second-order valence-electron chi connectivity index (χ2n) is 7.91. The van der Waals surface area contributed by atoms with Crippen molar-refractivity contribution < 1.29 is 27.8 Å². The Morgan fingerprint density at radius 1 is 1.28 bits per heavy atom. The summed E-state index contributed by atoms with van der Waals surface area (Å²) < 4.78 is 47.1. The average Bonchev–Trinajstić information content (AvgIpc) is 3.20. The summed E-state index contributed by atoms with van der Waals surface area (Å²) in [5.41, 5.74) is -0.782. The fraction of sp³-hybridized carbons (Fsp3) is 0.409. The summed E-state index contributed by atoms with van der Waals surface area (Å²) >= 11 is 0. The number of nitrogens with one attached hydrogen (secondary N) is 1.